The summed E-state index contributed by atoms with van der Waals surface area (Å²) < 4.78 is 22.8. The van der Waals surface area contributed by atoms with E-state index in [4.69, 9.17) is 10.9 Å². The van der Waals surface area contributed by atoms with E-state index < -0.39 is 10.0 Å². The highest BCUT2D eigenvalue weighted by Gasteiger charge is 2.11. The molecule has 2 aromatic carbocycles. The minimum atomic E-state index is -3.75. The van der Waals surface area contributed by atoms with Gasteiger partial charge in [-0.15, -0.1) is 0 Å². The molecule has 0 unspecified atom stereocenters. The summed E-state index contributed by atoms with van der Waals surface area (Å²) in [5, 5.41) is 5.15. The van der Waals surface area contributed by atoms with Crippen molar-refractivity contribution in [3.63, 3.8) is 0 Å². The van der Waals surface area contributed by atoms with Crippen LogP contribution in [0.2, 0.25) is 0 Å². The average Bonchev–Trinajstić information content (AvgIpc) is 2.32. The predicted octanol–water partition coefficient (Wildman–Crippen LogP) is 2.68. The quantitative estimate of drug-likeness (QED) is 0.854. The molecule has 106 valence electrons. The van der Waals surface area contributed by atoms with Gasteiger partial charge in [-0.2, -0.15) is 0 Å². The third-order valence-electron chi connectivity index (χ3n) is 2.80. The van der Waals surface area contributed by atoms with Crippen molar-refractivity contribution in [1.29, 1.82) is 0 Å². The van der Waals surface area contributed by atoms with E-state index in [2.05, 4.69) is 6.07 Å². The second-order valence-electron chi connectivity index (χ2n) is 4.65. The number of sulfonamides is 1. The van der Waals surface area contributed by atoms with Crippen LogP contribution < -0.4 is 10.9 Å². The Labute approximate surface area is 123 Å². The van der Waals surface area contributed by atoms with Crippen molar-refractivity contribution in [3.05, 3.63) is 47.5 Å². The Morgan fingerprint density at radius 3 is 2.40 bits per heavy atom. The first-order valence-corrected chi connectivity index (χ1v) is 8.30. The predicted molar refractivity (Wildman–Crippen MR) is 82.3 cm³/mol. The van der Waals surface area contributed by atoms with Crippen molar-refractivity contribution >= 4 is 27.5 Å². The summed E-state index contributed by atoms with van der Waals surface area (Å²) in [6, 6.07) is 10.8. The van der Waals surface area contributed by atoms with Crippen LogP contribution in [0.1, 0.15) is 11.1 Å². The number of hydrogen-bond acceptors (Lipinski definition) is 4. The largest absolute Gasteiger partial charge is 0.399 e. The number of nitrogens with two attached hydrogens (primary N) is 2. The van der Waals surface area contributed by atoms with Crippen LogP contribution in [-0.2, 0) is 10.0 Å². The molecular formula is C14H16N2O2S2. The van der Waals surface area contributed by atoms with E-state index in [0.717, 1.165) is 20.9 Å². The monoisotopic (exact) mass is 308 g/mol. The van der Waals surface area contributed by atoms with Crippen molar-refractivity contribution in [2.45, 2.75) is 28.5 Å². The third-order valence-corrected chi connectivity index (χ3v) is 4.83. The van der Waals surface area contributed by atoms with E-state index in [1.54, 1.807) is 6.07 Å². The molecule has 0 aliphatic rings. The number of benzene rings is 2. The molecule has 6 heteroatoms. The maximum Gasteiger partial charge on any atom is 0.238 e. The lowest BCUT2D eigenvalue weighted by Gasteiger charge is -2.09. The number of hydrogen-bond donors (Lipinski definition) is 2. The molecule has 0 saturated heterocycles. The van der Waals surface area contributed by atoms with Gasteiger partial charge in [-0.05, 0) is 49.2 Å². The first-order chi connectivity index (χ1) is 9.25. The van der Waals surface area contributed by atoms with Gasteiger partial charge in [0.25, 0.3) is 0 Å². The van der Waals surface area contributed by atoms with Crippen LogP contribution in [0, 0.1) is 13.8 Å². The van der Waals surface area contributed by atoms with Gasteiger partial charge in [0.2, 0.25) is 10.0 Å². The van der Waals surface area contributed by atoms with Gasteiger partial charge in [0, 0.05) is 15.5 Å². The summed E-state index contributed by atoms with van der Waals surface area (Å²) >= 11 is 1.47. The highest BCUT2D eigenvalue weighted by Crippen LogP contribution is 2.33. The van der Waals surface area contributed by atoms with Crippen molar-refractivity contribution in [2.75, 3.05) is 5.73 Å². The highest BCUT2D eigenvalue weighted by atomic mass is 32.2. The Kier molecular flexibility index (Phi) is 4.08. The Morgan fingerprint density at radius 1 is 1.05 bits per heavy atom. The van der Waals surface area contributed by atoms with Gasteiger partial charge in [0.15, 0.2) is 0 Å². The van der Waals surface area contributed by atoms with E-state index in [1.807, 2.05) is 26.0 Å². The topological polar surface area (TPSA) is 86.2 Å². The maximum atomic E-state index is 11.4. The molecule has 4 nitrogen and oxygen atoms in total. The Bertz CT molecular complexity index is 756. The summed E-state index contributed by atoms with van der Waals surface area (Å²) in [5.74, 6) is 0. The molecule has 20 heavy (non-hydrogen) atoms. The summed E-state index contributed by atoms with van der Waals surface area (Å²) in [6.45, 7) is 4.02. The highest BCUT2D eigenvalue weighted by molar-refractivity contribution is 7.99. The number of aryl methyl sites for hydroxylation is 2. The van der Waals surface area contributed by atoms with Crippen LogP contribution in [0.4, 0.5) is 5.69 Å². The minimum Gasteiger partial charge on any atom is -0.399 e. The van der Waals surface area contributed by atoms with E-state index in [0.29, 0.717) is 5.69 Å². The van der Waals surface area contributed by atoms with Crippen LogP contribution in [0.15, 0.2) is 51.1 Å². The van der Waals surface area contributed by atoms with Gasteiger partial charge >= 0.3 is 0 Å². The van der Waals surface area contributed by atoms with E-state index in [-0.39, 0.29) is 4.90 Å². The van der Waals surface area contributed by atoms with Gasteiger partial charge < -0.3 is 5.73 Å². The Balaban J connectivity index is 2.44. The fraction of sp³-hybridized carbons (Fsp3) is 0.143. The van der Waals surface area contributed by atoms with Gasteiger partial charge in [0.05, 0.1) is 4.90 Å². The van der Waals surface area contributed by atoms with Crippen molar-refractivity contribution in [3.8, 4) is 0 Å². The fourth-order valence-electron chi connectivity index (χ4n) is 1.76. The molecule has 0 spiro atoms. The second-order valence-corrected chi connectivity index (χ2v) is 7.33. The first kappa shape index (κ1) is 14.9. The standard InChI is InChI=1S/C14H16N2O2S2/c1-9-3-4-10(2)14(5-9)19-12-6-11(15)7-13(8-12)20(16,17)18/h3-8H,15H2,1-2H3,(H2,16,17,18). The van der Waals surface area contributed by atoms with E-state index in [1.165, 1.54) is 23.9 Å². The summed E-state index contributed by atoms with van der Waals surface area (Å²) in [4.78, 5) is 1.85. The summed E-state index contributed by atoms with van der Waals surface area (Å²) in [5.41, 5.74) is 8.40. The molecule has 0 heterocycles. The lowest BCUT2D eigenvalue weighted by atomic mass is 10.2. The lowest BCUT2D eigenvalue weighted by Crippen LogP contribution is -2.12. The fourth-order valence-corrected chi connectivity index (χ4v) is 3.54. The van der Waals surface area contributed by atoms with Crippen LogP contribution in [0.3, 0.4) is 0 Å². The zero-order valence-corrected chi connectivity index (χ0v) is 12.9. The summed E-state index contributed by atoms with van der Waals surface area (Å²) in [6.07, 6.45) is 0. The lowest BCUT2D eigenvalue weighted by molar-refractivity contribution is 0.597. The van der Waals surface area contributed by atoms with E-state index >= 15 is 0 Å². The molecule has 2 rings (SSSR count). The second kappa shape index (κ2) is 5.47. The van der Waals surface area contributed by atoms with Crippen molar-refractivity contribution in [1.82, 2.24) is 0 Å². The Hall–Kier alpha value is -1.50. The number of anilines is 1. The van der Waals surface area contributed by atoms with Crippen LogP contribution in [0.25, 0.3) is 0 Å². The normalized spacial score (nSPS) is 11.6. The molecule has 4 N–H and O–H groups in total. The Morgan fingerprint density at radius 2 is 1.75 bits per heavy atom. The first-order valence-electron chi connectivity index (χ1n) is 5.94. The number of nitrogen functional groups attached to an aromatic ring is 1. The molecule has 0 aromatic heterocycles. The molecule has 0 aliphatic heterocycles. The van der Waals surface area contributed by atoms with Crippen molar-refractivity contribution < 1.29 is 8.42 Å². The third kappa shape index (κ3) is 3.53. The molecule has 0 radical (unpaired) electrons. The molecule has 0 amide bonds. The molecule has 0 aliphatic carbocycles. The van der Waals surface area contributed by atoms with Gasteiger partial charge in [0.1, 0.15) is 0 Å². The van der Waals surface area contributed by atoms with Crippen LogP contribution >= 0.6 is 11.8 Å². The maximum absolute atomic E-state index is 11.4. The molecule has 0 fully saturated rings. The zero-order chi connectivity index (χ0) is 14.9. The van der Waals surface area contributed by atoms with Crippen molar-refractivity contribution in [2.24, 2.45) is 5.14 Å². The van der Waals surface area contributed by atoms with Crippen LogP contribution in [0.5, 0.6) is 0 Å². The van der Waals surface area contributed by atoms with Gasteiger partial charge in [-0.3, -0.25) is 0 Å². The number of rotatable bonds is 3. The zero-order valence-electron chi connectivity index (χ0n) is 11.3. The molecule has 2 aromatic rings. The van der Waals surface area contributed by atoms with Gasteiger partial charge in [-0.1, -0.05) is 23.9 Å². The molecule has 0 atom stereocenters. The molecule has 0 bridgehead atoms. The van der Waals surface area contributed by atoms with Gasteiger partial charge in [-0.25, -0.2) is 13.6 Å². The summed E-state index contributed by atoms with van der Waals surface area (Å²) in [7, 11) is -3.75. The molecule has 0 saturated carbocycles. The SMILES string of the molecule is Cc1ccc(C)c(Sc2cc(N)cc(S(N)(=O)=O)c2)c1. The van der Waals surface area contributed by atoms with E-state index in [9.17, 15) is 8.42 Å². The van der Waals surface area contributed by atoms with Crippen LogP contribution in [-0.4, -0.2) is 8.42 Å². The number of primary sulfonamides is 1. The smallest absolute Gasteiger partial charge is 0.238 e. The molecular weight excluding hydrogens is 292 g/mol. The average molecular weight is 308 g/mol. The minimum absolute atomic E-state index is 0.0327.